The number of hydrogen-bond donors (Lipinski definition) is 1. The van der Waals surface area contributed by atoms with Crippen LogP contribution in [-0.2, 0) is 9.59 Å². The molecule has 2 aromatic rings. The molecule has 148 valence electrons. The lowest BCUT2D eigenvalue weighted by Gasteiger charge is -2.28. The van der Waals surface area contributed by atoms with Crippen LogP contribution in [0.5, 0.6) is 0 Å². The summed E-state index contributed by atoms with van der Waals surface area (Å²) in [7, 11) is 0. The van der Waals surface area contributed by atoms with E-state index in [-0.39, 0.29) is 30.1 Å². The van der Waals surface area contributed by atoms with Crippen molar-refractivity contribution in [3.63, 3.8) is 0 Å². The van der Waals surface area contributed by atoms with Crippen molar-refractivity contribution in [1.29, 1.82) is 0 Å². The fraction of sp³-hybridized carbons (Fsp3) is 0.391. The molecular weight excluding hydrogens is 355 g/mol. The number of carbonyl (C=O) groups is 2. The van der Waals surface area contributed by atoms with Gasteiger partial charge in [0.05, 0.1) is 18.5 Å². The number of aryl methyl sites for hydroxylation is 2. The lowest BCUT2D eigenvalue weighted by Crippen LogP contribution is -2.35. The van der Waals surface area contributed by atoms with Crippen LogP contribution in [-0.4, -0.2) is 23.3 Å². The monoisotopic (exact) mass is 382 g/mol. The third kappa shape index (κ3) is 4.58. The number of rotatable bonds is 5. The minimum absolute atomic E-state index is 0.00352. The first kappa shape index (κ1) is 20.1. The summed E-state index contributed by atoms with van der Waals surface area (Å²) in [6, 6.07) is 11.9. The van der Waals surface area contributed by atoms with Crippen LogP contribution in [0.3, 0.4) is 0 Å². The van der Waals surface area contributed by atoms with Gasteiger partial charge in [0.25, 0.3) is 0 Å². The number of hydrogen-bond acceptors (Lipinski definition) is 2. The van der Waals surface area contributed by atoms with E-state index in [1.807, 2.05) is 4.90 Å². The van der Waals surface area contributed by atoms with E-state index >= 15 is 0 Å². The van der Waals surface area contributed by atoms with Crippen LogP contribution in [0.1, 0.15) is 60.5 Å². The fourth-order valence-corrected chi connectivity index (χ4v) is 3.87. The lowest BCUT2D eigenvalue weighted by molar-refractivity contribution is -0.133. The number of benzene rings is 2. The molecule has 0 saturated carbocycles. The van der Waals surface area contributed by atoms with Gasteiger partial charge in [-0.25, -0.2) is 4.39 Å². The molecule has 5 heteroatoms. The molecule has 4 nitrogen and oxygen atoms in total. The van der Waals surface area contributed by atoms with Crippen molar-refractivity contribution in [3.05, 3.63) is 70.5 Å². The second-order valence-electron chi connectivity index (χ2n) is 7.60. The third-order valence-electron chi connectivity index (χ3n) is 5.52. The summed E-state index contributed by atoms with van der Waals surface area (Å²) >= 11 is 0. The van der Waals surface area contributed by atoms with Crippen LogP contribution in [0.25, 0.3) is 0 Å². The average Bonchev–Trinajstić information content (AvgIpc) is 3.13. The van der Waals surface area contributed by atoms with Crippen LogP contribution >= 0.6 is 0 Å². The molecule has 3 rings (SSSR count). The van der Waals surface area contributed by atoms with Gasteiger partial charge in [0, 0.05) is 13.5 Å². The van der Waals surface area contributed by atoms with Gasteiger partial charge in [0.15, 0.2) is 0 Å². The summed E-state index contributed by atoms with van der Waals surface area (Å²) in [4.78, 5) is 26.7. The summed E-state index contributed by atoms with van der Waals surface area (Å²) < 4.78 is 13.3. The Kier molecular flexibility index (Phi) is 6.12. The van der Waals surface area contributed by atoms with E-state index in [9.17, 15) is 14.0 Å². The average molecular weight is 382 g/mol. The van der Waals surface area contributed by atoms with E-state index in [4.69, 9.17) is 0 Å². The molecule has 1 N–H and O–H groups in total. The molecule has 2 atom stereocenters. The first-order chi connectivity index (χ1) is 13.3. The van der Waals surface area contributed by atoms with Gasteiger partial charge >= 0.3 is 0 Å². The molecule has 0 bridgehead atoms. The highest BCUT2D eigenvalue weighted by molar-refractivity contribution is 5.80. The van der Waals surface area contributed by atoms with E-state index in [2.05, 4.69) is 37.4 Å². The molecule has 0 spiro atoms. The number of amides is 2. The number of nitrogens with zero attached hydrogens (tertiary/aromatic N) is 1. The van der Waals surface area contributed by atoms with Crippen molar-refractivity contribution < 1.29 is 14.0 Å². The molecule has 1 aliphatic heterocycles. The van der Waals surface area contributed by atoms with E-state index < -0.39 is 6.04 Å². The summed E-state index contributed by atoms with van der Waals surface area (Å²) in [5.74, 6) is -0.552. The predicted octanol–water partition coefficient (Wildman–Crippen LogP) is 4.37. The van der Waals surface area contributed by atoms with Crippen molar-refractivity contribution in [2.75, 3.05) is 6.54 Å². The van der Waals surface area contributed by atoms with Crippen LogP contribution < -0.4 is 5.32 Å². The van der Waals surface area contributed by atoms with Crippen LogP contribution in [0.4, 0.5) is 4.39 Å². The third-order valence-corrected chi connectivity index (χ3v) is 5.52. The van der Waals surface area contributed by atoms with Gasteiger partial charge in [-0.05, 0) is 61.1 Å². The number of likely N-dealkylation sites (tertiary alicyclic amines) is 1. The molecule has 1 aliphatic rings. The van der Waals surface area contributed by atoms with Crippen molar-refractivity contribution >= 4 is 11.8 Å². The maximum Gasteiger partial charge on any atom is 0.225 e. The lowest BCUT2D eigenvalue weighted by atomic mass is 9.98. The van der Waals surface area contributed by atoms with E-state index in [0.29, 0.717) is 6.54 Å². The normalized spacial score (nSPS) is 17.4. The van der Waals surface area contributed by atoms with E-state index in [1.54, 1.807) is 12.1 Å². The molecule has 1 fully saturated rings. The zero-order valence-corrected chi connectivity index (χ0v) is 16.7. The Labute approximate surface area is 165 Å². The molecule has 2 aromatic carbocycles. The summed E-state index contributed by atoms with van der Waals surface area (Å²) in [5, 5.41) is 2.83. The van der Waals surface area contributed by atoms with E-state index in [1.165, 1.54) is 30.2 Å². The highest BCUT2D eigenvalue weighted by atomic mass is 19.1. The van der Waals surface area contributed by atoms with Crippen molar-refractivity contribution in [2.45, 2.75) is 52.1 Å². The Balaban J connectivity index is 1.78. The van der Waals surface area contributed by atoms with Gasteiger partial charge in [0.2, 0.25) is 11.8 Å². The van der Waals surface area contributed by atoms with Crippen molar-refractivity contribution in [1.82, 2.24) is 10.2 Å². The Hall–Kier alpha value is -2.69. The Bertz CT molecular complexity index is 863. The topological polar surface area (TPSA) is 49.4 Å². The molecule has 1 saturated heterocycles. The molecule has 0 aliphatic carbocycles. The minimum atomic E-state index is -0.466. The molecule has 0 unspecified atom stereocenters. The zero-order chi connectivity index (χ0) is 20.3. The number of carbonyl (C=O) groups excluding carboxylic acids is 2. The second kappa shape index (κ2) is 8.55. The quantitative estimate of drug-likeness (QED) is 0.835. The van der Waals surface area contributed by atoms with Crippen LogP contribution in [0, 0.1) is 19.7 Å². The first-order valence-corrected chi connectivity index (χ1v) is 9.74. The summed E-state index contributed by atoms with van der Waals surface area (Å²) in [6.07, 6.45) is 2.06. The fourth-order valence-electron chi connectivity index (χ4n) is 3.87. The van der Waals surface area contributed by atoms with Crippen LogP contribution in [0.2, 0.25) is 0 Å². The maximum atomic E-state index is 13.3. The summed E-state index contributed by atoms with van der Waals surface area (Å²) in [6.45, 7) is 6.31. The van der Waals surface area contributed by atoms with Gasteiger partial charge < -0.3 is 10.2 Å². The van der Waals surface area contributed by atoms with Crippen molar-refractivity contribution in [3.8, 4) is 0 Å². The predicted molar refractivity (Wildman–Crippen MR) is 107 cm³/mol. The molecule has 1 heterocycles. The summed E-state index contributed by atoms with van der Waals surface area (Å²) in [5.41, 5.74) is 4.35. The van der Waals surface area contributed by atoms with Gasteiger partial charge in [-0.3, -0.25) is 9.59 Å². The largest absolute Gasteiger partial charge is 0.349 e. The van der Waals surface area contributed by atoms with Gasteiger partial charge in [-0.15, -0.1) is 0 Å². The standard InChI is InChI=1S/C23H27FN2O2/c1-15-6-7-19(13-16(15)2)22-5-4-12-26(22)23(28)14-21(25-17(3)27)18-8-10-20(24)11-9-18/h6-11,13,21-22H,4-5,12,14H2,1-3H3,(H,25,27)/t21-,22+/m1/s1. The van der Waals surface area contributed by atoms with Gasteiger partial charge in [0.1, 0.15) is 5.82 Å². The number of nitrogens with one attached hydrogen (secondary N) is 1. The number of halogens is 1. The molecule has 28 heavy (non-hydrogen) atoms. The molecular formula is C23H27FN2O2. The Morgan fingerprint density at radius 1 is 1.14 bits per heavy atom. The highest BCUT2D eigenvalue weighted by Gasteiger charge is 2.31. The van der Waals surface area contributed by atoms with E-state index in [0.717, 1.165) is 24.0 Å². The maximum absolute atomic E-state index is 13.3. The Morgan fingerprint density at radius 3 is 2.50 bits per heavy atom. The Morgan fingerprint density at radius 2 is 1.86 bits per heavy atom. The van der Waals surface area contributed by atoms with Crippen LogP contribution in [0.15, 0.2) is 42.5 Å². The first-order valence-electron chi connectivity index (χ1n) is 9.74. The highest BCUT2D eigenvalue weighted by Crippen LogP contribution is 2.34. The SMILES string of the molecule is CC(=O)N[C@H](CC(=O)N1CCC[C@H]1c1ccc(C)c(C)c1)c1ccc(F)cc1. The molecule has 2 amide bonds. The van der Waals surface area contributed by atoms with Gasteiger partial charge in [-0.2, -0.15) is 0 Å². The smallest absolute Gasteiger partial charge is 0.225 e. The van der Waals surface area contributed by atoms with Gasteiger partial charge in [-0.1, -0.05) is 30.3 Å². The molecule has 0 aromatic heterocycles. The minimum Gasteiger partial charge on any atom is -0.349 e. The zero-order valence-electron chi connectivity index (χ0n) is 16.7. The van der Waals surface area contributed by atoms with Crippen molar-refractivity contribution in [2.24, 2.45) is 0 Å². The second-order valence-corrected chi connectivity index (χ2v) is 7.60. The molecule has 0 radical (unpaired) electrons.